The van der Waals surface area contributed by atoms with Crippen molar-refractivity contribution in [1.82, 2.24) is 4.90 Å². The molecule has 2 aromatic carbocycles. The largest absolute Gasteiger partial charge is 0.326 e. The molecule has 0 bridgehead atoms. The van der Waals surface area contributed by atoms with Crippen LogP contribution in [-0.2, 0) is 12.5 Å². The van der Waals surface area contributed by atoms with E-state index in [-0.39, 0.29) is 17.5 Å². The van der Waals surface area contributed by atoms with Crippen LogP contribution in [0, 0.1) is 0 Å². The van der Waals surface area contributed by atoms with Crippen LogP contribution in [0.2, 0.25) is 0 Å². The summed E-state index contributed by atoms with van der Waals surface area (Å²) in [5.74, 6) is -2.60. The molecule has 2 atom stereocenters. The van der Waals surface area contributed by atoms with E-state index >= 15 is 0 Å². The first-order valence-corrected chi connectivity index (χ1v) is 7.93. The molecule has 1 heterocycles. The van der Waals surface area contributed by atoms with Crippen LogP contribution in [0.25, 0.3) is 0 Å². The molecule has 4 heteroatoms. The molecule has 0 saturated carbocycles. The second kappa shape index (κ2) is 6.38. The molecule has 1 saturated heterocycles. The molecular formula is C19H22F2N2. The minimum atomic E-state index is -2.80. The zero-order valence-corrected chi connectivity index (χ0v) is 13.3. The Morgan fingerprint density at radius 3 is 2.30 bits per heavy atom. The maximum absolute atomic E-state index is 13.3. The first kappa shape index (κ1) is 16.1. The van der Waals surface area contributed by atoms with Gasteiger partial charge in [-0.3, -0.25) is 4.90 Å². The Bertz CT molecular complexity index is 635. The van der Waals surface area contributed by atoms with Gasteiger partial charge in [0.05, 0.1) is 0 Å². The number of nitrogens with zero attached hydrogens (tertiary/aromatic N) is 1. The van der Waals surface area contributed by atoms with Gasteiger partial charge in [0.1, 0.15) is 0 Å². The topological polar surface area (TPSA) is 29.3 Å². The molecule has 2 N–H and O–H groups in total. The molecular weight excluding hydrogens is 294 g/mol. The Kier molecular flexibility index (Phi) is 4.46. The summed E-state index contributed by atoms with van der Waals surface area (Å²) >= 11 is 0. The van der Waals surface area contributed by atoms with Crippen LogP contribution < -0.4 is 5.73 Å². The molecule has 0 amide bonds. The summed E-state index contributed by atoms with van der Waals surface area (Å²) in [6.45, 7) is 3.48. The Balaban J connectivity index is 1.69. The zero-order chi connectivity index (χ0) is 16.4. The fourth-order valence-corrected chi connectivity index (χ4v) is 3.26. The molecule has 3 rings (SSSR count). The van der Waals surface area contributed by atoms with E-state index in [1.165, 1.54) is 17.7 Å². The predicted octanol–water partition coefficient (Wildman–Crippen LogP) is 3.73. The van der Waals surface area contributed by atoms with Crippen molar-refractivity contribution in [3.05, 3.63) is 71.3 Å². The summed E-state index contributed by atoms with van der Waals surface area (Å²) in [4.78, 5) is 2.33. The molecule has 2 nitrogen and oxygen atoms in total. The van der Waals surface area contributed by atoms with Crippen molar-refractivity contribution in [2.75, 3.05) is 13.1 Å². The molecule has 0 unspecified atom stereocenters. The molecule has 23 heavy (non-hydrogen) atoms. The highest BCUT2D eigenvalue weighted by atomic mass is 19.3. The Morgan fingerprint density at radius 1 is 1.04 bits per heavy atom. The summed E-state index contributed by atoms with van der Waals surface area (Å²) in [7, 11) is 0. The van der Waals surface area contributed by atoms with E-state index in [1.54, 1.807) is 12.1 Å². The lowest BCUT2D eigenvalue weighted by Gasteiger charge is -2.17. The van der Waals surface area contributed by atoms with Gasteiger partial charge in [0.15, 0.2) is 0 Å². The van der Waals surface area contributed by atoms with Crippen molar-refractivity contribution >= 4 is 0 Å². The molecule has 1 fully saturated rings. The number of benzene rings is 2. The average Bonchev–Trinajstić information content (AvgIpc) is 2.88. The van der Waals surface area contributed by atoms with Gasteiger partial charge in [-0.05, 0) is 11.1 Å². The third-order valence-corrected chi connectivity index (χ3v) is 4.54. The van der Waals surface area contributed by atoms with Gasteiger partial charge >= 0.3 is 0 Å². The molecule has 2 aromatic rings. The van der Waals surface area contributed by atoms with E-state index < -0.39 is 5.92 Å². The molecule has 1 aliphatic rings. The van der Waals surface area contributed by atoms with Crippen molar-refractivity contribution in [1.29, 1.82) is 0 Å². The average molecular weight is 316 g/mol. The number of alkyl halides is 2. The zero-order valence-electron chi connectivity index (χ0n) is 13.3. The van der Waals surface area contributed by atoms with Crippen molar-refractivity contribution in [3.63, 3.8) is 0 Å². The Labute approximate surface area is 135 Å². The first-order chi connectivity index (χ1) is 10.9. The monoisotopic (exact) mass is 316 g/mol. The quantitative estimate of drug-likeness (QED) is 0.931. The highest BCUT2D eigenvalue weighted by Gasteiger charge is 2.32. The van der Waals surface area contributed by atoms with Crippen molar-refractivity contribution < 1.29 is 8.78 Å². The summed E-state index contributed by atoms with van der Waals surface area (Å²) in [5.41, 5.74) is 8.65. The third kappa shape index (κ3) is 3.77. The van der Waals surface area contributed by atoms with Gasteiger partial charge in [0.25, 0.3) is 5.92 Å². The van der Waals surface area contributed by atoms with E-state index in [1.807, 2.05) is 18.2 Å². The van der Waals surface area contributed by atoms with E-state index in [2.05, 4.69) is 17.0 Å². The van der Waals surface area contributed by atoms with Gasteiger partial charge in [-0.2, -0.15) is 0 Å². The van der Waals surface area contributed by atoms with E-state index in [0.717, 1.165) is 32.1 Å². The lowest BCUT2D eigenvalue weighted by Crippen LogP contribution is -2.28. The lowest BCUT2D eigenvalue weighted by molar-refractivity contribution is 0.0174. The van der Waals surface area contributed by atoms with Gasteiger partial charge < -0.3 is 5.73 Å². The highest BCUT2D eigenvalue weighted by molar-refractivity contribution is 5.30. The lowest BCUT2D eigenvalue weighted by atomic mass is 9.93. The number of hydrogen-bond donors (Lipinski definition) is 1. The third-order valence-electron chi connectivity index (χ3n) is 4.54. The molecule has 0 aliphatic carbocycles. The standard InChI is InChI=1S/C19H22F2N2/c1-19(20,21)16-9-7-15(8-10-16)17-12-23(13-18(17)22)11-14-5-3-2-4-6-14/h2-10,17-18H,11-13,22H2,1H3/t17-,18+/m0/s1. The summed E-state index contributed by atoms with van der Waals surface area (Å²) < 4.78 is 26.6. The number of rotatable bonds is 4. The minimum Gasteiger partial charge on any atom is -0.326 e. The van der Waals surface area contributed by atoms with Gasteiger partial charge in [-0.15, -0.1) is 0 Å². The molecule has 0 radical (unpaired) electrons. The molecule has 122 valence electrons. The van der Waals surface area contributed by atoms with Crippen molar-refractivity contribution in [3.8, 4) is 0 Å². The molecule has 0 aromatic heterocycles. The van der Waals surface area contributed by atoms with Crippen LogP contribution in [0.1, 0.15) is 29.5 Å². The predicted molar refractivity (Wildman–Crippen MR) is 88.4 cm³/mol. The fourth-order valence-electron chi connectivity index (χ4n) is 3.26. The smallest absolute Gasteiger partial charge is 0.270 e. The summed E-state index contributed by atoms with van der Waals surface area (Å²) in [6, 6.07) is 16.9. The van der Waals surface area contributed by atoms with Crippen LogP contribution in [0.15, 0.2) is 54.6 Å². The van der Waals surface area contributed by atoms with E-state index in [0.29, 0.717) is 0 Å². The Hall–Kier alpha value is -1.78. The van der Waals surface area contributed by atoms with Crippen LogP contribution in [-0.4, -0.2) is 24.0 Å². The Morgan fingerprint density at radius 2 is 1.70 bits per heavy atom. The van der Waals surface area contributed by atoms with E-state index in [4.69, 9.17) is 5.73 Å². The normalized spacial score (nSPS) is 22.4. The van der Waals surface area contributed by atoms with Crippen LogP contribution >= 0.6 is 0 Å². The number of nitrogens with two attached hydrogens (primary N) is 1. The number of hydrogen-bond acceptors (Lipinski definition) is 2. The summed E-state index contributed by atoms with van der Waals surface area (Å²) in [6.07, 6.45) is 0. The SMILES string of the molecule is CC(F)(F)c1ccc([C@@H]2CN(Cc3ccccc3)C[C@H]2N)cc1. The van der Waals surface area contributed by atoms with Crippen LogP contribution in [0.4, 0.5) is 8.78 Å². The summed E-state index contributed by atoms with van der Waals surface area (Å²) in [5, 5.41) is 0. The first-order valence-electron chi connectivity index (χ1n) is 7.93. The van der Waals surface area contributed by atoms with Gasteiger partial charge in [-0.25, -0.2) is 8.78 Å². The fraction of sp³-hybridized carbons (Fsp3) is 0.368. The van der Waals surface area contributed by atoms with E-state index in [9.17, 15) is 8.78 Å². The molecule has 1 aliphatic heterocycles. The van der Waals surface area contributed by atoms with Crippen LogP contribution in [0.3, 0.4) is 0 Å². The van der Waals surface area contributed by atoms with Crippen molar-refractivity contribution in [2.45, 2.75) is 31.4 Å². The maximum atomic E-state index is 13.3. The second-order valence-electron chi connectivity index (χ2n) is 6.46. The highest BCUT2D eigenvalue weighted by Crippen LogP contribution is 2.31. The van der Waals surface area contributed by atoms with Crippen LogP contribution in [0.5, 0.6) is 0 Å². The maximum Gasteiger partial charge on any atom is 0.270 e. The van der Waals surface area contributed by atoms with Gasteiger partial charge in [0, 0.05) is 44.1 Å². The van der Waals surface area contributed by atoms with Gasteiger partial charge in [-0.1, -0.05) is 54.6 Å². The minimum absolute atomic E-state index is 0.0340. The van der Waals surface area contributed by atoms with Crippen molar-refractivity contribution in [2.24, 2.45) is 5.73 Å². The van der Waals surface area contributed by atoms with Gasteiger partial charge in [0.2, 0.25) is 0 Å². The number of halogens is 2. The number of likely N-dealkylation sites (tertiary alicyclic amines) is 1. The molecule has 0 spiro atoms. The second-order valence-corrected chi connectivity index (χ2v) is 6.46.